The number of carboxylic acids is 1. The van der Waals surface area contributed by atoms with E-state index < -0.39 is 11.3 Å². The minimum Gasteiger partial charge on any atom is -0.484 e. The van der Waals surface area contributed by atoms with E-state index >= 15 is 0 Å². The minimum atomic E-state index is -1.16. The van der Waals surface area contributed by atoms with E-state index in [4.69, 9.17) is 4.74 Å². The number of β-lactam (4-membered cyclic amide) rings is 1. The van der Waals surface area contributed by atoms with E-state index in [2.05, 4.69) is 5.32 Å². The number of hydrogen-bond acceptors (Lipinski definition) is 5. The second kappa shape index (κ2) is 6.56. The molecular weight excluding hydrogens is 332 g/mol. The van der Waals surface area contributed by atoms with Crippen molar-refractivity contribution in [3.8, 4) is 5.75 Å². The van der Waals surface area contributed by atoms with Crippen LogP contribution in [0.4, 0.5) is 0 Å². The molecule has 2 aliphatic heterocycles. The van der Waals surface area contributed by atoms with E-state index in [0.717, 1.165) is 0 Å². The Labute approximate surface area is 142 Å². The highest BCUT2D eigenvalue weighted by Gasteiger charge is 2.47. The van der Waals surface area contributed by atoms with E-state index in [1.54, 1.807) is 31.2 Å². The molecule has 0 spiro atoms. The number of ether oxygens (including phenoxy) is 1. The molecule has 2 aliphatic rings. The maximum atomic E-state index is 12.1. The summed E-state index contributed by atoms with van der Waals surface area (Å²) in [7, 11) is 0. The van der Waals surface area contributed by atoms with Gasteiger partial charge in [-0.25, -0.2) is 4.79 Å². The molecule has 7 nitrogen and oxygen atoms in total. The Hall–Kier alpha value is -2.48. The van der Waals surface area contributed by atoms with Crippen molar-refractivity contribution >= 4 is 29.5 Å². The molecule has 2 heterocycles. The fourth-order valence-electron chi connectivity index (χ4n) is 2.61. The zero-order chi connectivity index (χ0) is 17.3. The quantitative estimate of drug-likeness (QED) is 0.776. The van der Waals surface area contributed by atoms with E-state index in [1.165, 1.54) is 16.7 Å². The second-order valence-electron chi connectivity index (χ2n) is 5.44. The van der Waals surface area contributed by atoms with Crippen molar-refractivity contribution in [1.29, 1.82) is 0 Å². The van der Waals surface area contributed by atoms with Crippen LogP contribution in [-0.2, 0) is 14.4 Å². The van der Waals surface area contributed by atoms with Gasteiger partial charge in [-0.15, -0.1) is 11.8 Å². The number of nitrogens with zero attached hydrogens (tertiary/aromatic N) is 1. The van der Waals surface area contributed by atoms with Gasteiger partial charge in [0, 0.05) is 0 Å². The summed E-state index contributed by atoms with van der Waals surface area (Å²) in [5.74, 6) is -1.13. The lowest BCUT2D eigenvalue weighted by Crippen LogP contribution is -2.57. The van der Waals surface area contributed by atoms with Gasteiger partial charge in [0.15, 0.2) is 6.61 Å². The summed E-state index contributed by atoms with van der Waals surface area (Å²) in [6, 6.07) is 8.94. The number of para-hydroxylation sites is 1. The van der Waals surface area contributed by atoms with Gasteiger partial charge in [0.1, 0.15) is 16.8 Å². The van der Waals surface area contributed by atoms with Crippen LogP contribution in [0.1, 0.15) is 13.3 Å². The van der Waals surface area contributed by atoms with Crippen LogP contribution in [0.2, 0.25) is 0 Å². The second-order valence-corrected chi connectivity index (χ2v) is 6.73. The van der Waals surface area contributed by atoms with Crippen LogP contribution in [-0.4, -0.2) is 45.1 Å². The summed E-state index contributed by atoms with van der Waals surface area (Å²) in [6.07, 6.45) is 0.279. The van der Waals surface area contributed by atoms with Crippen LogP contribution >= 0.6 is 11.8 Å². The first-order chi connectivity index (χ1) is 11.5. The van der Waals surface area contributed by atoms with Crippen molar-refractivity contribution in [3.63, 3.8) is 0 Å². The molecule has 0 bridgehead atoms. The van der Waals surface area contributed by atoms with Gasteiger partial charge < -0.3 is 15.2 Å². The molecule has 0 aromatic heterocycles. The molecule has 2 amide bonds. The Balaban J connectivity index is 1.66. The predicted octanol–water partition coefficient (Wildman–Crippen LogP) is 1.17. The van der Waals surface area contributed by atoms with Gasteiger partial charge in [0.25, 0.3) is 5.91 Å². The third-order valence-corrected chi connectivity index (χ3v) is 5.25. The summed E-state index contributed by atoms with van der Waals surface area (Å²) in [4.78, 5) is 36.4. The Bertz CT molecular complexity index is 718. The van der Waals surface area contributed by atoms with E-state index in [9.17, 15) is 19.5 Å². The molecule has 126 valence electrons. The molecule has 24 heavy (non-hydrogen) atoms. The molecule has 0 radical (unpaired) electrons. The number of rotatable bonds is 5. The number of nitrogens with one attached hydrogen (secondary N) is 1. The minimum absolute atomic E-state index is 0.0377. The summed E-state index contributed by atoms with van der Waals surface area (Å²) in [5, 5.41) is 11.4. The fraction of sp³-hybridized carbons (Fsp3) is 0.312. The Morgan fingerprint density at radius 1 is 1.38 bits per heavy atom. The van der Waals surface area contributed by atoms with Crippen molar-refractivity contribution < 1.29 is 24.2 Å². The number of carbonyl (C=O) groups excluding carboxylic acids is 2. The third-order valence-electron chi connectivity index (χ3n) is 3.81. The standard InChI is InChI=1S/C16H16N2O5S/c1-9-14(16(21)22)18-12(20)7-13(18)24-15(9)17-11(19)8-23-10-5-3-2-4-6-10/h2-6,13,15H,7-8H2,1H3,(H,17,19)(H,21,22)/t13-,15?/m1/s1. The van der Waals surface area contributed by atoms with E-state index in [0.29, 0.717) is 11.3 Å². The van der Waals surface area contributed by atoms with Gasteiger partial charge in [-0.1, -0.05) is 18.2 Å². The molecule has 1 fully saturated rings. The van der Waals surface area contributed by atoms with Gasteiger partial charge in [0.05, 0.1) is 11.8 Å². The summed E-state index contributed by atoms with van der Waals surface area (Å²) in [5.41, 5.74) is 0.411. The van der Waals surface area contributed by atoms with Crippen LogP contribution in [0.25, 0.3) is 0 Å². The van der Waals surface area contributed by atoms with Crippen LogP contribution in [0.15, 0.2) is 41.6 Å². The molecular formula is C16H16N2O5S. The molecule has 0 aliphatic carbocycles. The molecule has 8 heteroatoms. The molecule has 1 saturated heterocycles. The Kier molecular flexibility index (Phi) is 4.48. The van der Waals surface area contributed by atoms with Crippen molar-refractivity contribution in [3.05, 3.63) is 41.6 Å². The maximum absolute atomic E-state index is 12.1. The largest absolute Gasteiger partial charge is 0.484 e. The van der Waals surface area contributed by atoms with E-state index in [1.807, 2.05) is 6.07 Å². The van der Waals surface area contributed by atoms with Crippen molar-refractivity contribution in [1.82, 2.24) is 10.2 Å². The van der Waals surface area contributed by atoms with Crippen molar-refractivity contribution in [2.24, 2.45) is 0 Å². The monoisotopic (exact) mass is 348 g/mol. The first-order valence-electron chi connectivity index (χ1n) is 7.36. The normalized spacial score (nSPS) is 22.5. The van der Waals surface area contributed by atoms with Gasteiger partial charge in [0.2, 0.25) is 5.91 Å². The van der Waals surface area contributed by atoms with Gasteiger partial charge >= 0.3 is 5.97 Å². The molecule has 1 aromatic carbocycles. The zero-order valence-electron chi connectivity index (χ0n) is 12.9. The average Bonchev–Trinajstić information content (AvgIpc) is 2.55. The summed E-state index contributed by atoms with van der Waals surface area (Å²) < 4.78 is 5.38. The maximum Gasteiger partial charge on any atom is 0.352 e. The fourth-order valence-corrected chi connectivity index (χ4v) is 4.02. The highest BCUT2D eigenvalue weighted by Crippen LogP contribution is 2.42. The van der Waals surface area contributed by atoms with Crippen LogP contribution in [0.3, 0.4) is 0 Å². The lowest BCUT2D eigenvalue weighted by molar-refractivity contribution is -0.146. The Morgan fingerprint density at radius 2 is 2.08 bits per heavy atom. The summed E-state index contributed by atoms with van der Waals surface area (Å²) in [6.45, 7) is 1.45. The van der Waals surface area contributed by atoms with Crippen LogP contribution in [0.5, 0.6) is 5.75 Å². The number of hydrogen-bond donors (Lipinski definition) is 2. The highest BCUT2D eigenvalue weighted by atomic mass is 32.2. The molecule has 2 atom stereocenters. The summed E-state index contributed by atoms with van der Waals surface area (Å²) >= 11 is 1.36. The SMILES string of the molecule is CC1=C(C(=O)O)N2C(=O)C[C@H]2SC1NC(=O)COc1ccccc1. The number of carboxylic acid groups (broad SMARTS) is 1. The number of aliphatic carboxylic acids is 1. The van der Waals surface area contributed by atoms with Gasteiger partial charge in [-0.2, -0.15) is 0 Å². The number of thioether (sulfide) groups is 1. The van der Waals surface area contributed by atoms with Crippen molar-refractivity contribution in [2.45, 2.75) is 24.1 Å². The number of carbonyl (C=O) groups is 3. The topological polar surface area (TPSA) is 95.9 Å². The molecule has 1 unspecified atom stereocenters. The number of fused-ring (bicyclic) bond motifs is 1. The third kappa shape index (κ3) is 3.09. The molecule has 3 rings (SSSR count). The van der Waals surface area contributed by atoms with E-state index in [-0.39, 0.29) is 35.9 Å². The first-order valence-corrected chi connectivity index (χ1v) is 8.30. The smallest absolute Gasteiger partial charge is 0.352 e. The first kappa shape index (κ1) is 16.4. The number of amides is 2. The lowest BCUT2D eigenvalue weighted by atomic mass is 10.1. The number of benzene rings is 1. The van der Waals surface area contributed by atoms with Crippen LogP contribution < -0.4 is 10.1 Å². The highest BCUT2D eigenvalue weighted by molar-refractivity contribution is 8.00. The molecule has 1 aromatic rings. The average molecular weight is 348 g/mol. The Morgan fingerprint density at radius 3 is 2.71 bits per heavy atom. The zero-order valence-corrected chi connectivity index (χ0v) is 13.7. The van der Waals surface area contributed by atoms with Gasteiger partial charge in [-0.05, 0) is 24.6 Å². The van der Waals surface area contributed by atoms with Crippen molar-refractivity contribution in [2.75, 3.05) is 6.61 Å². The van der Waals surface area contributed by atoms with Crippen LogP contribution in [0, 0.1) is 0 Å². The van der Waals surface area contributed by atoms with Gasteiger partial charge in [-0.3, -0.25) is 14.5 Å². The molecule has 2 N–H and O–H groups in total. The molecule has 0 saturated carbocycles. The predicted molar refractivity (Wildman–Crippen MR) is 87.0 cm³/mol. The lowest BCUT2D eigenvalue weighted by Gasteiger charge is -2.46.